The number of H-pyrrole nitrogens is 1. The number of hydrogen-bond acceptors (Lipinski definition) is 3. The topological polar surface area (TPSA) is 57.8 Å². The summed E-state index contributed by atoms with van der Waals surface area (Å²) in [7, 11) is 0. The molecule has 0 radical (unpaired) electrons. The minimum absolute atomic E-state index is 0. The number of aromatic nitrogens is 2. The summed E-state index contributed by atoms with van der Waals surface area (Å²) in [5.41, 5.74) is 1.87. The lowest BCUT2D eigenvalue weighted by molar-refractivity contribution is 0.562. The van der Waals surface area contributed by atoms with Gasteiger partial charge >= 0.3 is 0 Å². The van der Waals surface area contributed by atoms with E-state index in [0.717, 1.165) is 49.4 Å². The van der Waals surface area contributed by atoms with Gasteiger partial charge in [0.15, 0.2) is 0 Å². The monoisotopic (exact) mass is 257 g/mol. The van der Waals surface area contributed by atoms with Crippen molar-refractivity contribution in [3.63, 3.8) is 0 Å². The van der Waals surface area contributed by atoms with E-state index in [1.54, 1.807) is 0 Å². The first-order chi connectivity index (χ1) is 7.66. The Labute approximate surface area is 108 Å². The number of aromatic amines is 1. The van der Waals surface area contributed by atoms with Crippen LogP contribution in [0.4, 0.5) is 0 Å². The molecule has 96 valence electrons. The van der Waals surface area contributed by atoms with Gasteiger partial charge in [-0.3, -0.25) is 4.79 Å². The molecule has 4 nitrogen and oxygen atoms in total. The predicted octanol–water partition coefficient (Wildman–Crippen LogP) is 1.43. The van der Waals surface area contributed by atoms with Gasteiger partial charge in [0, 0.05) is 18.5 Å². The molecule has 17 heavy (non-hydrogen) atoms. The molecule has 0 amide bonds. The van der Waals surface area contributed by atoms with E-state index in [1.807, 2.05) is 0 Å². The van der Waals surface area contributed by atoms with E-state index in [9.17, 15) is 4.79 Å². The van der Waals surface area contributed by atoms with E-state index in [4.69, 9.17) is 0 Å². The summed E-state index contributed by atoms with van der Waals surface area (Å²) in [6, 6.07) is 0. The maximum atomic E-state index is 11.8. The second-order valence-corrected chi connectivity index (χ2v) is 4.80. The van der Waals surface area contributed by atoms with Crippen LogP contribution in [-0.4, -0.2) is 16.5 Å². The largest absolute Gasteiger partial charge is 0.311 e. The van der Waals surface area contributed by atoms with E-state index >= 15 is 0 Å². The summed E-state index contributed by atoms with van der Waals surface area (Å²) >= 11 is 0. The quantitative estimate of drug-likeness (QED) is 0.861. The van der Waals surface area contributed by atoms with Crippen molar-refractivity contribution in [2.24, 2.45) is 5.92 Å². The van der Waals surface area contributed by atoms with Crippen LogP contribution in [0.1, 0.15) is 37.4 Å². The van der Waals surface area contributed by atoms with E-state index in [2.05, 4.69) is 29.1 Å². The maximum absolute atomic E-state index is 11.8. The molecule has 1 aromatic heterocycles. The van der Waals surface area contributed by atoms with Gasteiger partial charge < -0.3 is 10.3 Å². The lowest BCUT2D eigenvalue weighted by atomic mass is 10.1. The minimum atomic E-state index is 0. The summed E-state index contributed by atoms with van der Waals surface area (Å²) in [6.45, 7) is 5.97. The van der Waals surface area contributed by atoms with Gasteiger partial charge in [-0.2, -0.15) is 0 Å². The zero-order valence-corrected chi connectivity index (χ0v) is 11.2. The van der Waals surface area contributed by atoms with Crippen molar-refractivity contribution in [2.75, 3.05) is 6.54 Å². The predicted molar refractivity (Wildman–Crippen MR) is 70.7 cm³/mol. The van der Waals surface area contributed by atoms with Crippen LogP contribution in [-0.2, 0) is 19.4 Å². The number of nitrogens with zero attached hydrogens (tertiary/aromatic N) is 1. The lowest BCUT2D eigenvalue weighted by Crippen LogP contribution is -2.31. The third-order valence-electron chi connectivity index (χ3n) is 2.95. The second kappa shape index (κ2) is 6.17. The molecule has 0 aromatic carbocycles. The van der Waals surface area contributed by atoms with Gasteiger partial charge in [0.2, 0.25) is 0 Å². The lowest BCUT2D eigenvalue weighted by Gasteiger charge is -2.16. The fourth-order valence-corrected chi connectivity index (χ4v) is 1.96. The molecule has 0 spiro atoms. The highest BCUT2D eigenvalue weighted by atomic mass is 35.5. The molecule has 0 saturated heterocycles. The molecule has 2 rings (SSSR count). The fraction of sp³-hybridized carbons (Fsp3) is 0.667. The minimum Gasteiger partial charge on any atom is -0.311 e. The van der Waals surface area contributed by atoms with Crippen LogP contribution >= 0.6 is 12.4 Å². The average Bonchev–Trinajstić information content (AvgIpc) is 2.26. The Morgan fingerprint density at radius 2 is 2.18 bits per heavy atom. The van der Waals surface area contributed by atoms with Crippen LogP contribution in [0.15, 0.2) is 4.79 Å². The first-order valence-electron chi connectivity index (χ1n) is 5.98. The van der Waals surface area contributed by atoms with Gasteiger partial charge in [0.25, 0.3) is 5.56 Å². The molecular weight excluding hydrogens is 238 g/mol. The third-order valence-corrected chi connectivity index (χ3v) is 2.95. The zero-order valence-electron chi connectivity index (χ0n) is 10.4. The summed E-state index contributed by atoms with van der Waals surface area (Å²) in [5.74, 6) is 1.47. The van der Waals surface area contributed by atoms with Crippen LogP contribution < -0.4 is 10.9 Å². The smallest absolute Gasteiger partial charge is 0.254 e. The van der Waals surface area contributed by atoms with Gasteiger partial charge in [-0.15, -0.1) is 12.4 Å². The average molecular weight is 258 g/mol. The zero-order chi connectivity index (χ0) is 11.5. The van der Waals surface area contributed by atoms with Gasteiger partial charge in [0.1, 0.15) is 5.82 Å². The highest BCUT2D eigenvalue weighted by Crippen LogP contribution is 2.09. The highest BCUT2D eigenvalue weighted by molar-refractivity contribution is 5.85. The molecule has 0 saturated carbocycles. The molecule has 2 N–H and O–H groups in total. The summed E-state index contributed by atoms with van der Waals surface area (Å²) < 4.78 is 0. The summed E-state index contributed by atoms with van der Waals surface area (Å²) in [5, 5.41) is 3.24. The van der Waals surface area contributed by atoms with Crippen LogP contribution in [0.5, 0.6) is 0 Å². The van der Waals surface area contributed by atoms with E-state index in [0.29, 0.717) is 5.92 Å². The Morgan fingerprint density at radius 3 is 2.88 bits per heavy atom. The Hall–Kier alpha value is -0.870. The van der Waals surface area contributed by atoms with Gasteiger partial charge in [-0.25, -0.2) is 4.98 Å². The van der Waals surface area contributed by atoms with Crippen LogP contribution in [0.3, 0.4) is 0 Å². The van der Waals surface area contributed by atoms with Gasteiger partial charge in [-0.05, 0) is 25.3 Å². The van der Waals surface area contributed by atoms with Crippen molar-refractivity contribution in [1.29, 1.82) is 0 Å². The number of nitrogens with one attached hydrogen (secondary N) is 2. The van der Waals surface area contributed by atoms with Crippen molar-refractivity contribution >= 4 is 12.4 Å². The first kappa shape index (κ1) is 14.2. The molecule has 1 aromatic rings. The molecule has 1 aliphatic heterocycles. The van der Waals surface area contributed by atoms with E-state index in [1.165, 1.54) is 0 Å². The standard InChI is InChI=1S/C12H19N3O.ClH/c1-8(2)3-4-11-14-10-7-13-6-5-9(10)12(16)15-11;/h8,13H,3-7H2,1-2H3,(H,14,15,16);1H. The molecule has 0 fully saturated rings. The molecule has 0 atom stereocenters. The number of rotatable bonds is 3. The SMILES string of the molecule is CC(C)CCc1nc2c(c(=O)[nH]1)CCNC2.Cl. The molecule has 2 heterocycles. The molecular formula is C12H20ClN3O. The Kier molecular flexibility index (Phi) is 5.15. The number of halogens is 1. The highest BCUT2D eigenvalue weighted by Gasteiger charge is 2.14. The number of aryl methyl sites for hydroxylation is 1. The van der Waals surface area contributed by atoms with Crippen LogP contribution in [0.25, 0.3) is 0 Å². The molecule has 0 unspecified atom stereocenters. The molecule has 0 aliphatic carbocycles. The summed E-state index contributed by atoms with van der Waals surface area (Å²) in [4.78, 5) is 19.2. The Morgan fingerprint density at radius 1 is 1.41 bits per heavy atom. The number of hydrogen-bond donors (Lipinski definition) is 2. The van der Waals surface area contributed by atoms with Crippen molar-refractivity contribution in [1.82, 2.24) is 15.3 Å². The normalized spacial score (nSPS) is 14.3. The molecule has 1 aliphatic rings. The second-order valence-electron chi connectivity index (χ2n) is 4.80. The Balaban J connectivity index is 0.00000144. The van der Waals surface area contributed by atoms with Crippen molar-refractivity contribution in [2.45, 2.75) is 39.7 Å². The molecule has 5 heteroatoms. The maximum Gasteiger partial charge on any atom is 0.254 e. The van der Waals surface area contributed by atoms with Crippen LogP contribution in [0.2, 0.25) is 0 Å². The van der Waals surface area contributed by atoms with Crippen LogP contribution in [0, 0.1) is 5.92 Å². The Bertz CT molecular complexity index is 428. The van der Waals surface area contributed by atoms with Crippen molar-refractivity contribution in [3.05, 3.63) is 27.4 Å². The summed E-state index contributed by atoms with van der Waals surface area (Å²) in [6.07, 6.45) is 2.72. The fourth-order valence-electron chi connectivity index (χ4n) is 1.96. The van der Waals surface area contributed by atoms with Gasteiger partial charge in [-0.1, -0.05) is 13.8 Å². The number of fused-ring (bicyclic) bond motifs is 1. The van der Waals surface area contributed by atoms with Crippen molar-refractivity contribution < 1.29 is 0 Å². The third kappa shape index (κ3) is 3.54. The van der Waals surface area contributed by atoms with Crippen molar-refractivity contribution in [3.8, 4) is 0 Å². The first-order valence-corrected chi connectivity index (χ1v) is 5.98. The van der Waals surface area contributed by atoms with E-state index in [-0.39, 0.29) is 18.0 Å². The van der Waals surface area contributed by atoms with Gasteiger partial charge in [0.05, 0.1) is 5.69 Å². The molecule has 0 bridgehead atoms. The van der Waals surface area contributed by atoms with E-state index < -0.39 is 0 Å².